The first kappa shape index (κ1) is 75.0. The maximum Gasteiger partial charge on any atom is 0.159 e. The van der Waals surface area contributed by atoms with E-state index in [1.165, 1.54) is 48.5 Å². The van der Waals surface area contributed by atoms with Crippen LogP contribution in [0.5, 0.6) is 0 Å². The van der Waals surface area contributed by atoms with E-state index < -0.39 is 0 Å². The zero-order chi connectivity index (χ0) is 78.4. The number of hydrogen-bond acceptors (Lipinski definition) is 20. The van der Waals surface area contributed by atoms with Crippen LogP contribution in [0.1, 0.15) is 0 Å². The smallest absolute Gasteiger partial charge is 0.159 e. The molecular formula is C96H68N20. The van der Waals surface area contributed by atoms with E-state index in [2.05, 4.69) is 191 Å². The third-order valence-corrected chi connectivity index (χ3v) is 18.1. The highest BCUT2D eigenvalue weighted by Gasteiger charge is 2.09. The normalized spacial score (nSPS) is 10.4. The zero-order valence-electron chi connectivity index (χ0n) is 62.2. The molecule has 0 bridgehead atoms. The van der Waals surface area contributed by atoms with Gasteiger partial charge in [0.25, 0.3) is 0 Å². The van der Waals surface area contributed by atoms with Gasteiger partial charge in [0.2, 0.25) is 0 Å². The highest BCUT2D eigenvalue weighted by molar-refractivity contribution is 6.24. The van der Waals surface area contributed by atoms with Crippen molar-refractivity contribution in [3.05, 3.63) is 416 Å². The van der Waals surface area contributed by atoms with Crippen molar-refractivity contribution in [1.29, 1.82) is 0 Å². The van der Waals surface area contributed by atoms with Crippen molar-refractivity contribution < 1.29 is 0 Å². The van der Waals surface area contributed by atoms with Gasteiger partial charge in [0.1, 0.15) is 19.0 Å². The van der Waals surface area contributed by atoms with Crippen molar-refractivity contribution in [1.82, 2.24) is 99.9 Å². The van der Waals surface area contributed by atoms with Gasteiger partial charge < -0.3 is 0 Å². The highest BCUT2D eigenvalue weighted by atomic mass is 15.1. The van der Waals surface area contributed by atoms with Crippen LogP contribution in [-0.2, 0) is 0 Å². The molecule has 16 heterocycles. The van der Waals surface area contributed by atoms with Gasteiger partial charge in [-0.05, 0) is 159 Å². The van der Waals surface area contributed by atoms with Crippen molar-refractivity contribution in [2.75, 3.05) is 0 Å². The van der Waals surface area contributed by atoms with Gasteiger partial charge in [-0.3, -0.25) is 49.8 Å². The van der Waals surface area contributed by atoms with Crippen LogP contribution in [-0.4, -0.2) is 99.9 Å². The predicted molar refractivity (Wildman–Crippen MR) is 465 cm³/mol. The first-order valence-corrected chi connectivity index (χ1v) is 36.8. The molecule has 0 aliphatic carbocycles. The molecule has 20 nitrogen and oxygen atoms in total. The Kier molecular flexibility index (Phi) is 25.0. The first-order chi connectivity index (χ1) is 57.6. The number of fused-ring (bicyclic) bond motifs is 19. The molecule has 0 atom stereocenters. The Morgan fingerprint density at radius 1 is 0.147 bits per heavy atom. The molecule has 20 heteroatoms. The topological polar surface area (TPSA) is 258 Å². The minimum atomic E-state index is 0.810. The third kappa shape index (κ3) is 19.4. The summed E-state index contributed by atoms with van der Waals surface area (Å²) < 4.78 is 0. The molecule has 0 aliphatic heterocycles. The first-order valence-electron chi connectivity index (χ1n) is 36.8. The Bertz CT molecular complexity index is 5740. The van der Waals surface area contributed by atoms with E-state index in [4.69, 9.17) is 0 Å². The Morgan fingerprint density at radius 3 is 1.17 bits per heavy atom. The minimum absolute atomic E-state index is 0.810. The number of rotatable bonds is 0. The van der Waals surface area contributed by atoms with E-state index in [1.54, 1.807) is 106 Å². The third-order valence-electron chi connectivity index (χ3n) is 18.1. The molecule has 0 saturated heterocycles. The van der Waals surface area contributed by atoms with Crippen LogP contribution >= 0.6 is 0 Å². The van der Waals surface area contributed by atoms with Crippen molar-refractivity contribution in [3.63, 3.8) is 0 Å². The average molecular weight is 1500 g/mol. The summed E-state index contributed by atoms with van der Waals surface area (Å²) in [5, 5.41) is 29.8. The van der Waals surface area contributed by atoms with Crippen LogP contribution in [0, 0.1) is 0 Å². The summed E-state index contributed by atoms with van der Waals surface area (Å²) in [6.45, 7) is 0. The second kappa shape index (κ2) is 38.7. The average Bonchev–Trinajstić information content (AvgIpc) is 0.750. The Hall–Kier alpha value is -16.5. The fourth-order valence-electron chi connectivity index (χ4n) is 12.5. The molecule has 0 unspecified atom stereocenters. The van der Waals surface area contributed by atoms with Crippen molar-refractivity contribution in [2.24, 2.45) is 0 Å². The van der Waals surface area contributed by atoms with Crippen molar-refractivity contribution in [2.45, 2.75) is 0 Å². The summed E-state index contributed by atoms with van der Waals surface area (Å²) in [7, 11) is 0. The van der Waals surface area contributed by atoms with Crippen LogP contribution in [0.25, 0.3) is 152 Å². The second-order valence-electron chi connectivity index (χ2n) is 25.4. The quantitative estimate of drug-likeness (QED) is 0.128. The lowest BCUT2D eigenvalue weighted by Gasteiger charge is -2.08. The van der Waals surface area contributed by atoms with Crippen LogP contribution in [0.15, 0.2) is 416 Å². The zero-order valence-corrected chi connectivity index (χ0v) is 62.2. The fraction of sp³-hybridized carbons (Fsp3) is 0. The number of pyridine rings is 12. The van der Waals surface area contributed by atoms with Gasteiger partial charge in [-0.15, -0.1) is 0 Å². The summed E-state index contributed by atoms with van der Waals surface area (Å²) in [6, 6.07) is 86.5. The number of aromatic nitrogens is 20. The van der Waals surface area contributed by atoms with E-state index >= 15 is 0 Å². The monoisotopic (exact) mass is 1500 g/mol. The molecule has 0 fully saturated rings. The standard InChI is InChI=1S/C16H10N2.2C12H8N2.7C8H6N2/c1-2-7-13-11(5-1)12-6-3-4-8-14(12)16-15(13)9-17-10-18-16;1-2-4-11-9(3-1)5-6-10-7-13-8-14-12(10)11;1-2-4-10-9(3-1)5-6-12-11(10)7-13-8-14-12;1-3-9-6-8-2-4-10-5-7(1)8;1-3-9-5-8-6-10-4-2-7(1)8;1-3-7-8(9-5-1)4-2-6-10-7;1-3-7-4-2-6-10-8(7)9-5-1;1-2-7-6-9-5-3-8(7)10-4-1;1-2-7-3-5-9-6-8(7)10-4-1;1-2-4-8-7(3-1)5-6-9-10-8/h1-10H;2*1-8H;7*1-6H. The lowest BCUT2D eigenvalue weighted by Crippen LogP contribution is -1.86. The van der Waals surface area contributed by atoms with Gasteiger partial charge in [-0.2, -0.15) is 10.2 Å². The lowest BCUT2D eigenvalue weighted by atomic mass is 9.98. The predicted octanol–water partition coefficient (Wildman–Crippen LogP) is 20.9. The SMILES string of the molecule is c1cc2ccncc2cn1.c1cc2cnccc2cn1.c1ccc2c(c1)c1ccccc1c1ncncc21.c1ccc2c(c1)ccc1cncnc12.c1ccc2c(c1)ccc1ncncc12.c1ccc2nnccc2c1.c1cnc2cccnc2c1.c1cnc2ccncc2c1.c1cnc2cnccc2c1.c1cnc2ncccc2c1. The number of hydrogen-bond donors (Lipinski definition) is 0. The summed E-state index contributed by atoms with van der Waals surface area (Å²) in [6.07, 6.45) is 44.1. The molecule has 552 valence electrons. The number of benzene rings is 8. The molecule has 16 aromatic heterocycles. The van der Waals surface area contributed by atoms with E-state index in [0.29, 0.717) is 0 Å². The Balaban J connectivity index is 0.000000102. The highest BCUT2D eigenvalue weighted by Crippen LogP contribution is 2.33. The van der Waals surface area contributed by atoms with Gasteiger partial charge >= 0.3 is 0 Å². The van der Waals surface area contributed by atoms with Gasteiger partial charge in [0.15, 0.2) is 5.65 Å². The van der Waals surface area contributed by atoms with Crippen LogP contribution in [0.3, 0.4) is 0 Å². The molecule has 8 aromatic carbocycles. The molecule has 0 N–H and O–H groups in total. The van der Waals surface area contributed by atoms with Gasteiger partial charge in [-0.25, -0.2) is 39.9 Å². The summed E-state index contributed by atoms with van der Waals surface area (Å²) in [5.41, 5.74) is 8.66. The van der Waals surface area contributed by atoms with E-state index in [1.807, 2.05) is 219 Å². The van der Waals surface area contributed by atoms with Crippen LogP contribution < -0.4 is 0 Å². The molecule has 24 rings (SSSR count). The van der Waals surface area contributed by atoms with Crippen LogP contribution in [0.2, 0.25) is 0 Å². The molecule has 0 amide bonds. The maximum atomic E-state index is 4.45. The lowest BCUT2D eigenvalue weighted by molar-refractivity contribution is 1.08. The molecule has 116 heavy (non-hydrogen) atoms. The largest absolute Gasteiger partial charge is 0.264 e. The molecule has 0 aliphatic rings. The number of nitrogens with zero attached hydrogens (tertiary/aromatic N) is 20. The second-order valence-corrected chi connectivity index (χ2v) is 25.4. The fourth-order valence-corrected chi connectivity index (χ4v) is 12.5. The van der Waals surface area contributed by atoms with Gasteiger partial charge in [0.05, 0.1) is 56.5 Å². The van der Waals surface area contributed by atoms with E-state index in [-0.39, 0.29) is 0 Å². The summed E-state index contributed by atoms with van der Waals surface area (Å²) in [4.78, 5) is 73.7. The van der Waals surface area contributed by atoms with E-state index in [9.17, 15) is 0 Å². The van der Waals surface area contributed by atoms with Crippen molar-refractivity contribution >= 4 is 152 Å². The molecule has 0 saturated carbocycles. The Morgan fingerprint density at radius 2 is 0.543 bits per heavy atom. The molecule has 24 aromatic rings. The minimum Gasteiger partial charge on any atom is -0.264 e. The summed E-state index contributed by atoms with van der Waals surface area (Å²) >= 11 is 0. The van der Waals surface area contributed by atoms with Gasteiger partial charge in [0, 0.05) is 189 Å². The van der Waals surface area contributed by atoms with Crippen LogP contribution in [0.4, 0.5) is 0 Å². The van der Waals surface area contributed by atoms with E-state index in [0.717, 1.165) is 104 Å². The summed E-state index contributed by atoms with van der Waals surface area (Å²) in [5.74, 6) is 0. The Labute approximate surface area is 664 Å². The van der Waals surface area contributed by atoms with Crippen molar-refractivity contribution in [3.8, 4) is 0 Å². The maximum absolute atomic E-state index is 4.45. The molecule has 0 spiro atoms. The molecular weight excluding hydrogens is 1430 g/mol. The van der Waals surface area contributed by atoms with Gasteiger partial charge in [-0.1, -0.05) is 140 Å². The molecule has 0 radical (unpaired) electrons.